The number of nitro benzene ring substituents is 1. The fraction of sp³-hybridized carbons (Fsp3) is 0.0769. The Hall–Kier alpha value is -3.14. The lowest BCUT2D eigenvalue weighted by Gasteiger charge is -2.03. The molecule has 1 aromatic carbocycles. The van der Waals surface area contributed by atoms with Gasteiger partial charge >= 0.3 is 0 Å². The Kier molecular flexibility index (Phi) is 3.81. The highest BCUT2D eigenvalue weighted by atomic mass is 32.1. The quantitative estimate of drug-likeness (QED) is 0.531. The summed E-state index contributed by atoms with van der Waals surface area (Å²) in [6.07, 6.45) is 4.39. The number of amides is 1. The second-order valence-corrected chi connectivity index (χ2v) is 5.39. The minimum absolute atomic E-state index is 0.133. The molecule has 9 nitrogen and oxygen atoms in total. The average molecular weight is 330 g/mol. The Balaban J connectivity index is 2.05. The van der Waals surface area contributed by atoms with Gasteiger partial charge in [0.1, 0.15) is 18.3 Å². The lowest BCUT2D eigenvalue weighted by Crippen LogP contribution is -2.13. The number of aromatic nitrogens is 4. The summed E-state index contributed by atoms with van der Waals surface area (Å²) < 4.78 is 2.96. The molecule has 0 saturated carbocycles. The molecule has 10 heteroatoms. The normalized spacial score (nSPS) is 11.6. The first-order valence-corrected chi connectivity index (χ1v) is 7.27. The Morgan fingerprint density at radius 1 is 1.43 bits per heavy atom. The molecule has 0 aliphatic rings. The van der Waals surface area contributed by atoms with E-state index in [1.54, 1.807) is 23.2 Å². The summed E-state index contributed by atoms with van der Waals surface area (Å²) >= 11 is 1.30. The van der Waals surface area contributed by atoms with Crippen molar-refractivity contribution >= 4 is 22.9 Å². The first-order valence-electron chi connectivity index (χ1n) is 6.39. The van der Waals surface area contributed by atoms with Crippen molar-refractivity contribution in [2.24, 2.45) is 12.0 Å². The van der Waals surface area contributed by atoms with Crippen LogP contribution in [0.5, 0.6) is 0 Å². The number of carbonyl (C=O) groups is 1. The van der Waals surface area contributed by atoms with Gasteiger partial charge in [0.05, 0.1) is 4.92 Å². The van der Waals surface area contributed by atoms with Crippen LogP contribution in [0.15, 0.2) is 47.4 Å². The number of benzene rings is 1. The van der Waals surface area contributed by atoms with Gasteiger partial charge in [0.2, 0.25) is 0 Å². The van der Waals surface area contributed by atoms with Crippen molar-refractivity contribution in [2.45, 2.75) is 0 Å². The van der Waals surface area contributed by atoms with Crippen molar-refractivity contribution in [2.75, 3.05) is 0 Å². The van der Waals surface area contributed by atoms with Gasteiger partial charge in [-0.15, -0.1) is 11.3 Å². The van der Waals surface area contributed by atoms with Gasteiger partial charge in [0, 0.05) is 30.3 Å². The zero-order valence-corrected chi connectivity index (χ0v) is 12.7. The maximum Gasteiger partial charge on any atom is 0.295 e. The number of nitro groups is 1. The van der Waals surface area contributed by atoms with Gasteiger partial charge < -0.3 is 4.57 Å². The van der Waals surface area contributed by atoms with E-state index in [-0.39, 0.29) is 16.9 Å². The van der Waals surface area contributed by atoms with Crippen molar-refractivity contribution in [3.63, 3.8) is 0 Å². The summed E-state index contributed by atoms with van der Waals surface area (Å²) in [4.78, 5) is 31.1. The van der Waals surface area contributed by atoms with Crippen LogP contribution in [-0.2, 0) is 7.05 Å². The standard InChI is InChI=1S/C13H10N6O3S/c1-17-4-5-23-13(17)16-12(20)9-2-3-10(11(6-9)19(21)22)18-8-14-7-15-18/h2-8H,1H3. The van der Waals surface area contributed by atoms with Crippen LogP contribution in [0, 0.1) is 10.1 Å². The summed E-state index contributed by atoms with van der Waals surface area (Å²) in [6.45, 7) is 0. The summed E-state index contributed by atoms with van der Waals surface area (Å²) in [5.41, 5.74) is 0.117. The minimum atomic E-state index is -0.571. The number of nitrogens with zero attached hydrogens (tertiary/aromatic N) is 6. The maximum atomic E-state index is 12.2. The third-order valence-electron chi connectivity index (χ3n) is 3.04. The van der Waals surface area contributed by atoms with Crippen molar-refractivity contribution < 1.29 is 9.72 Å². The zero-order valence-electron chi connectivity index (χ0n) is 11.9. The zero-order chi connectivity index (χ0) is 16.4. The van der Waals surface area contributed by atoms with E-state index in [0.29, 0.717) is 4.80 Å². The van der Waals surface area contributed by atoms with Gasteiger partial charge in [-0.2, -0.15) is 10.1 Å². The Bertz CT molecular complexity index is 941. The molecule has 0 fully saturated rings. The highest BCUT2D eigenvalue weighted by molar-refractivity contribution is 7.07. The van der Waals surface area contributed by atoms with E-state index in [9.17, 15) is 14.9 Å². The van der Waals surface area contributed by atoms with Gasteiger partial charge in [-0.1, -0.05) is 0 Å². The second-order valence-electron chi connectivity index (χ2n) is 4.51. The largest absolute Gasteiger partial charge is 0.327 e. The highest BCUT2D eigenvalue weighted by Gasteiger charge is 2.19. The van der Waals surface area contributed by atoms with E-state index in [1.165, 1.54) is 46.9 Å². The molecule has 116 valence electrons. The summed E-state index contributed by atoms with van der Waals surface area (Å²) in [5.74, 6) is -0.545. The number of hydrogen-bond acceptors (Lipinski definition) is 6. The molecule has 0 radical (unpaired) electrons. The van der Waals surface area contributed by atoms with Gasteiger partial charge in [-0.05, 0) is 12.1 Å². The van der Waals surface area contributed by atoms with Crippen LogP contribution in [0.25, 0.3) is 5.69 Å². The van der Waals surface area contributed by atoms with Gasteiger partial charge in [-0.25, -0.2) is 9.67 Å². The molecule has 1 amide bonds. The van der Waals surface area contributed by atoms with E-state index in [2.05, 4.69) is 15.1 Å². The lowest BCUT2D eigenvalue weighted by atomic mass is 10.1. The number of hydrogen-bond donors (Lipinski definition) is 0. The van der Waals surface area contributed by atoms with Crippen molar-refractivity contribution in [1.82, 2.24) is 19.3 Å². The number of aryl methyl sites for hydroxylation is 1. The molecular weight excluding hydrogens is 320 g/mol. The van der Waals surface area contributed by atoms with Gasteiger partial charge in [-0.3, -0.25) is 14.9 Å². The molecule has 2 aromatic heterocycles. The predicted molar refractivity (Wildman–Crippen MR) is 81.2 cm³/mol. The first kappa shape index (κ1) is 14.8. The Morgan fingerprint density at radius 2 is 2.26 bits per heavy atom. The average Bonchev–Trinajstić information content (AvgIpc) is 3.19. The molecule has 3 rings (SSSR count). The van der Waals surface area contributed by atoms with Crippen molar-refractivity contribution in [3.05, 3.63) is 62.9 Å². The minimum Gasteiger partial charge on any atom is -0.327 e. The number of carbonyl (C=O) groups excluding carboxylic acids is 1. The van der Waals surface area contributed by atoms with Crippen LogP contribution in [0.3, 0.4) is 0 Å². The van der Waals surface area contributed by atoms with E-state index in [0.717, 1.165) is 0 Å². The van der Waals surface area contributed by atoms with Crippen LogP contribution in [0.2, 0.25) is 0 Å². The molecule has 0 bridgehead atoms. The molecule has 0 spiro atoms. The molecule has 3 aromatic rings. The van der Waals surface area contributed by atoms with Crippen LogP contribution in [0.1, 0.15) is 10.4 Å². The fourth-order valence-electron chi connectivity index (χ4n) is 1.92. The summed E-state index contributed by atoms with van der Waals surface area (Å²) in [6, 6.07) is 4.11. The number of thiazole rings is 1. The molecule has 23 heavy (non-hydrogen) atoms. The van der Waals surface area contributed by atoms with Gasteiger partial charge in [0.15, 0.2) is 4.80 Å². The van der Waals surface area contributed by atoms with Crippen LogP contribution in [0.4, 0.5) is 5.69 Å². The molecule has 2 heterocycles. The fourth-order valence-corrected chi connectivity index (χ4v) is 2.64. The molecule has 0 unspecified atom stereocenters. The molecule has 0 atom stereocenters. The maximum absolute atomic E-state index is 12.2. The highest BCUT2D eigenvalue weighted by Crippen LogP contribution is 2.23. The lowest BCUT2D eigenvalue weighted by molar-refractivity contribution is -0.384. The Morgan fingerprint density at radius 3 is 2.87 bits per heavy atom. The summed E-state index contributed by atoms with van der Waals surface area (Å²) in [7, 11) is 1.76. The second kappa shape index (κ2) is 5.93. The van der Waals surface area contributed by atoms with Gasteiger partial charge in [0.25, 0.3) is 11.6 Å². The third kappa shape index (κ3) is 2.92. The van der Waals surface area contributed by atoms with E-state index < -0.39 is 10.8 Å². The molecular formula is C13H10N6O3S. The van der Waals surface area contributed by atoms with Crippen LogP contribution >= 0.6 is 11.3 Å². The van der Waals surface area contributed by atoms with E-state index >= 15 is 0 Å². The van der Waals surface area contributed by atoms with Crippen molar-refractivity contribution in [1.29, 1.82) is 0 Å². The Labute approximate surface area is 133 Å². The van der Waals surface area contributed by atoms with Crippen LogP contribution in [-0.4, -0.2) is 30.2 Å². The molecule has 0 saturated heterocycles. The van der Waals surface area contributed by atoms with Crippen molar-refractivity contribution in [3.8, 4) is 5.69 Å². The smallest absolute Gasteiger partial charge is 0.295 e. The number of rotatable bonds is 3. The third-order valence-corrected chi connectivity index (χ3v) is 3.89. The molecule has 0 N–H and O–H groups in total. The SMILES string of the molecule is Cn1ccsc1=NC(=O)c1ccc(-n2cncn2)c([N+](=O)[O-])c1. The predicted octanol–water partition coefficient (Wildman–Crippen LogP) is 1.32. The molecule has 0 aliphatic heterocycles. The van der Waals surface area contributed by atoms with Crippen LogP contribution < -0.4 is 4.80 Å². The topological polar surface area (TPSA) is 108 Å². The first-order chi connectivity index (χ1) is 11.1. The monoisotopic (exact) mass is 330 g/mol. The van der Waals surface area contributed by atoms with E-state index in [4.69, 9.17) is 0 Å². The van der Waals surface area contributed by atoms with E-state index in [1.807, 2.05) is 0 Å². The molecule has 0 aliphatic carbocycles. The summed E-state index contributed by atoms with van der Waals surface area (Å²) in [5, 5.41) is 16.9.